The van der Waals surface area contributed by atoms with Crippen molar-refractivity contribution >= 4 is 39.2 Å². The Morgan fingerprint density at radius 2 is 2.21 bits per heavy atom. The maximum Gasteiger partial charge on any atom is 0.231 e. The Bertz CT molecular complexity index is 845. The van der Waals surface area contributed by atoms with Gasteiger partial charge in [-0.2, -0.15) is 10.1 Å². The lowest BCUT2D eigenvalue weighted by atomic mass is 10.3. The van der Waals surface area contributed by atoms with Gasteiger partial charge in [0.1, 0.15) is 0 Å². The molecule has 7 nitrogen and oxygen atoms in total. The van der Waals surface area contributed by atoms with E-state index in [0.717, 1.165) is 16.0 Å². The van der Waals surface area contributed by atoms with Gasteiger partial charge in [-0.3, -0.25) is 10.1 Å². The van der Waals surface area contributed by atoms with E-state index >= 15 is 0 Å². The minimum Gasteiger partial charge on any atom is -0.322 e. The van der Waals surface area contributed by atoms with Gasteiger partial charge in [-0.1, -0.05) is 0 Å². The van der Waals surface area contributed by atoms with Gasteiger partial charge in [0.25, 0.3) is 0 Å². The number of pyridine rings is 1. The molecule has 0 unspecified atom stereocenters. The van der Waals surface area contributed by atoms with E-state index in [9.17, 15) is 0 Å². The van der Waals surface area contributed by atoms with Crippen molar-refractivity contribution in [1.29, 1.82) is 0 Å². The highest BCUT2D eigenvalue weighted by molar-refractivity contribution is 9.10. The van der Waals surface area contributed by atoms with Crippen LogP contribution in [0.1, 0.15) is 24.5 Å². The number of rotatable bonds is 5. The fourth-order valence-electron chi connectivity index (χ4n) is 2.40. The van der Waals surface area contributed by atoms with Crippen LogP contribution in [0.3, 0.4) is 0 Å². The zero-order chi connectivity index (χ0) is 16.5. The van der Waals surface area contributed by atoms with Crippen molar-refractivity contribution in [3.05, 3.63) is 47.0 Å². The number of anilines is 4. The third-order valence-electron chi connectivity index (χ3n) is 3.93. The lowest BCUT2D eigenvalue weighted by Crippen LogP contribution is -2.14. The van der Waals surface area contributed by atoms with Gasteiger partial charge >= 0.3 is 0 Å². The highest BCUT2D eigenvalue weighted by atomic mass is 79.9. The SMILES string of the molecule is CN(c1cccnc1)c1ncc(Br)c(Nc2cc(C3CC3)[nH]n2)n1. The summed E-state index contributed by atoms with van der Waals surface area (Å²) in [4.78, 5) is 15.0. The van der Waals surface area contributed by atoms with Crippen LogP contribution in [0.4, 0.5) is 23.3 Å². The topological polar surface area (TPSA) is 82.6 Å². The molecule has 0 saturated heterocycles. The average Bonchev–Trinajstić information content (AvgIpc) is 3.36. The van der Waals surface area contributed by atoms with Crippen molar-refractivity contribution in [1.82, 2.24) is 25.1 Å². The minimum absolute atomic E-state index is 0.576. The Labute approximate surface area is 147 Å². The smallest absolute Gasteiger partial charge is 0.231 e. The molecule has 0 aromatic carbocycles. The van der Waals surface area contributed by atoms with Crippen LogP contribution in [0, 0.1) is 0 Å². The second-order valence-corrected chi connectivity index (χ2v) is 6.60. The molecule has 1 aliphatic carbocycles. The number of nitrogens with zero attached hydrogens (tertiary/aromatic N) is 5. The zero-order valence-corrected chi connectivity index (χ0v) is 14.7. The van der Waals surface area contributed by atoms with E-state index in [-0.39, 0.29) is 0 Å². The predicted molar refractivity (Wildman–Crippen MR) is 95.9 cm³/mol. The molecule has 1 fully saturated rings. The second-order valence-electron chi connectivity index (χ2n) is 5.74. The molecule has 3 aromatic rings. The van der Waals surface area contributed by atoms with E-state index in [1.807, 2.05) is 30.1 Å². The molecule has 4 rings (SSSR count). The molecule has 1 aliphatic rings. The van der Waals surface area contributed by atoms with Gasteiger partial charge in [0.05, 0.1) is 16.4 Å². The van der Waals surface area contributed by atoms with Crippen molar-refractivity contribution in [3.8, 4) is 0 Å². The van der Waals surface area contributed by atoms with Gasteiger partial charge in [0, 0.05) is 37.1 Å². The van der Waals surface area contributed by atoms with Crippen LogP contribution >= 0.6 is 15.9 Å². The van der Waals surface area contributed by atoms with Gasteiger partial charge in [-0.15, -0.1) is 0 Å². The number of nitrogens with one attached hydrogen (secondary N) is 2. The largest absolute Gasteiger partial charge is 0.322 e. The number of aromatic nitrogens is 5. The molecule has 2 N–H and O–H groups in total. The third kappa shape index (κ3) is 3.09. The van der Waals surface area contributed by atoms with Crippen LogP contribution in [0.15, 0.2) is 41.3 Å². The van der Waals surface area contributed by atoms with Gasteiger partial charge < -0.3 is 10.2 Å². The van der Waals surface area contributed by atoms with Crippen molar-refractivity contribution < 1.29 is 0 Å². The molecule has 122 valence electrons. The summed E-state index contributed by atoms with van der Waals surface area (Å²) in [6.45, 7) is 0. The normalized spacial score (nSPS) is 13.8. The summed E-state index contributed by atoms with van der Waals surface area (Å²) in [5.74, 6) is 2.64. The number of hydrogen-bond donors (Lipinski definition) is 2. The van der Waals surface area contributed by atoms with E-state index in [2.05, 4.69) is 46.4 Å². The maximum absolute atomic E-state index is 4.59. The molecule has 0 radical (unpaired) electrons. The van der Waals surface area contributed by atoms with E-state index < -0.39 is 0 Å². The number of hydrogen-bond acceptors (Lipinski definition) is 6. The van der Waals surface area contributed by atoms with Gasteiger partial charge in [0.2, 0.25) is 5.95 Å². The molecule has 3 aromatic heterocycles. The highest BCUT2D eigenvalue weighted by Gasteiger charge is 2.25. The first kappa shape index (κ1) is 15.1. The fraction of sp³-hybridized carbons (Fsp3) is 0.250. The molecule has 0 amide bonds. The quantitative estimate of drug-likeness (QED) is 0.695. The van der Waals surface area contributed by atoms with E-state index in [1.165, 1.54) is 18.5 Å². The van der Waals surface area contributed by atoms with Crippen LogP contribution in [0.5, 0.6) is 0 Å². The number of aromatic amines is 1. The summed E-state index contributed by atoms with van der Waals surface area (Å²) in [7, 11) is 1.91. The minimum atomic E-state index is 0.576. The first-order valence-corrected chi connectivity index (χ1v) is 8.48. The maximum atomic E-state index is 4.59. The van der Waals surface area contributed by atoms with Gasteiger partial charge in [0.15, 0.2) is 11.6 Å². The van der Waals surface area contributed by atoms with Gasteiger partial charge in [-0.05, 0) is 40.9 Å². The molecule has 0 spiro atoms. The fourth-order valence-corrected chi connectivity index (χ4v) is 2.69. The van der Waals surface area contributed by atoms with Crippen molar-refractivity contribution in [2.75, 3.05) is 17.3 Å². The summed E-state index contributed by atoms with van der Waals surface area (Å²) >= 11 is 3.49. The summed E-state index contributed by atoms with van der Waals surface area (Å²) < 4.78 is 0.779. The summed E-state index contributed by atoms with van der Waals surface area (Å²) in [5.41, 5.74) is 2.09. The van der Waals surface area contributed by atoms with Crippen LogP contribution < -0.4 is 10.2 Å². The molecule has 0 bridgehead atoms. The first-order chi connectivity index (χ1) is 11.7. The van der Waals surface area contributed by atoms with Crippen molar-refractivity contribution in [3.63, 3.8) is 0 Å². The van der Waals surface area contributed by atoms with Crippen molar-refractivity contribution in [2.24, 2.45) is 0 Å². The van der Waals surface area contributed by atoms with Crippen LogP contribution in [0.25, 0.3) is 0 Å². The van der Waals surface area contributed by atoms with Crippen LogP contribution in [-0.2, 0) is 0 Å². The molecule has 1 saturated carbocycles. The Hall–Kier alpha value is -2.48. The summed E-state index contributed by atoms with van der Waals surface area (Å²) in [5, 5.41) is 10.6. The molecule has 24 heavy (non-hydrogen) atoms. The Kier molecular flexibility index (Phi) is 3.89. The van der Waals surface area contributed by atoms with E-state index in [4.69, 9.17) is 0 Å². The summed E-state index contributed by atoms with van der Waals surface area (Å²) in [6.07, 6.45) is 7.71. The first-order valence-electron chi connectivity index (χ1n) is 7.69. The molecule has 0 aliphatic heterocycles. The number of H-pyrrole nitrogens is 1. The molecular weight excluding hydrogens is 370 g/mol. The standard InChI is InChI=1S/C16H16BrN7/c1-24(11-3-2-6-18-8-11)16-19-9-12(17)15(21-16)20-14-7-13(22-23-14)10-4-5-10/h2-3,6-10H,4-5H2,1H3,(H2,19,20,21,22,23). The lowest BCUT2D eigenvalue weighted by molar-refractivity contribution is 0.965. The molecule has 3 heterocycles. The van der Waals surface area contributed by atoms with Crippen LogP contribution in [0.2, 0.25) is 0 Å². The monoisotopic (exact) mass is 385 g/mol. The third-order valence-corrected chi connectivity index (χ3v) is 4.51. The Morgan fingerprint density at radius 3 is 2.96 bits per heavy atom. The lowest BCUT2D eigenvalue weighted by Gasteiger charge is -2.17. The van der Waals surface area contributed by atoms with Gasteiger partial charge in [-0.25, -0.2) is 4.98 Å². The van der Waals surface area contributed by atoms with E-state index in [0.29, 0.717) is 17.7 Å². The second kappa shape index (κ2) is 6.20. The molecule has 8 heteroatoms. The Morgan fingerprint density at radius 1 is 1.33 bits per heavy atom. The molecular formula is C16H16BrN7. The highest BCUT2D eigenvalue weighted by Crippen LogP contribution is 2.39. The Balaban J connectivity index is 1.58. The number of halogens is 1. The average molecular weight is 386 g/mol. The van der Waals surface area contributed by atoms with Crippen LogP contribution in [-0.4, -0.2) is 32.2 Å². The zero-order valence-electron chi connectivity index (χ0n) is 13.1. The van der Waals surface area contributed by atoms with E-state index in [1.54, 1.807) is 18.6 Å². The van der Waals surface area contributed by atoms with Crippen molar-refractivity contribution in [2.45, 2.75) is 18.8 Å². The summed E-state index contributed by atoms with van der Waals surface area (Å²) in [6, 6.07) is 5.88. The predicted octanol–water partition coefficient (Wildman–Crippen LogP) is 3.75. The molecule has 0 atom stereocenters.